The van der Waals surface area contributed by atoms with E-state index in [0.29, 0.717) is 17.1 Å². The number of alkyl halides is 3. The number of H-pyrrole nitrogens is 1. The van der Waals surface area contributed by atoms with Crippen LogP contribution < -0.4 is 9.47 Å². The van der Waals surface area contributed by atoms with Crippen molar-refractivity contribution in [1.82, 2.24) is 9.88 Å². The minimum Gasteiger partial charge on any atom is -0.493 e. The molecule has 3 aromatic carbocycles. The summed E-state index contributed by atoms with van der Waals surface area (Å²) in [6.45, 7) is 3.25. The second kappa shape index (κ2) is 10.1. The second-order valence-corrected chi connectivity index (χ2v) is 9.72. The Balaban J connectivity index is 0.00000144. The fraction of sp³-hybridized carbons (Fsp3) is 0.290. The molecule has 0 fully saturated rings. The van der Waals surface area contributed by atoms with Crippen molar-refractivity contribution < 1.29 is 22.6 Å². The van der Waals surface area contributed by atoms with Gasteiger partial charge in [-0.15, -0.1) is 12.8 Å². The molecule has 0 spiro atoms. The highest BCUT2D eigenvalue weighted by Crippen LogP contribution is 2.44. The number of rotatable bonds is 4. The maximum absolute atomic E-state index is 13.6. The van der Waals surface area contributed by atoms with E-state index < -0.39 is 11.7 Å². The molecule has 2 aliphatic rings. The topological polar surface area (TPSA) is 37.5 Å². The average molecular weight is 519 g/mol. The lowest BCUT2D eigenvalue weighted by Crippen LogP contribution is -2.39. The summed E-state index contributed by atoms with van der Waals surface area (Å²) < 4.78 is 52.5. The Hall–Kier alpha value is -3.89. The van der Waals surface area contributed by atoms with E-state index in [1.54, 1.807) is 20.1 Å². The molecule has 1 aromatic heterocycles. The number of fused-ring (bicyclic) bond motifs is 6. The number of nitrogens with one attached hydrogen (secondary N) is 1. The SMILES string of the molecule is C#C.COc1cc2c(cc1OCc1ccc(C)cc1C(F)(F)F)C1Cc3c([nH]c4ccccc34)CN1CC2. The maximum Gasteiger partial charge on any atom is 0.416 e. The first-order valence-corrected chi connectivity index (χ1v) is 12.5. The molecule has 38 heavy (non-hydrogen) atoms. The minimum atomic E-state index is -4.44. The van der Waals surface area contributed by atoms with Gasteiger partial charge in [0.1, 0.15) is 6.61 Å². The van der Waals surface area contributed by atoms with Gasteiger partial charge in [0.25, 0.3) is 0 Å². The largest absolute Gasteiger partial charge is 0.493 e. The van der Waals surface area contributed by atoms with Crippen molar-refractivity contribution >= 4 is 10.9 Å². The van der Waals surface area contributed by atoms with Crippen LogP contribution in [-0.2, 0) is 32.2 Å². The zero-order valence-electron chi connectivity index (χ0n) is 21.4. The van der Waals surface area contributed by atoms with E-state index in [1.165, 1.54) is 34.3 Å². The lowest BCUT2D eigenvalue weighted by atomic mass is 9.85. The van der Waals surface area contributed by atoms with Crippen LogP contribution >= 0.6 is 0 Å². The van der Waals surface area contributed by atoms with E-state index in [9.17, 15) is 13.2 Å². The van der Waals surface area contributed by atoms with Gasteiger partial charge in [0.2, 0.25) is 0 Å². The number of para-hydroxylation sites is 1. The fourth-order valence-corrected chi connectivity index (χ4v) is 5.72. The average Bonchev–Trinajstić information content (AvgIpc) is 3.28. The van der Waals surface area contributed by atoms with Crippen LogP contribution in [0.15, 0.2) is 54.6 Å². The number of aromatic nitrogens is 1. The van der Waals surface area contributed by atoms with Gasteiger partial charge in [0.15, 0.2) is 11.5 Å². The number of halogens is 3. The maximum atomic E-state index is 13.6. The van der Waals surface area contributed by atoms with Crippen LogP contribution in [0.1, 0.15) is 45.1 Å². The summed E-state index contributed by atoms with van der Waals surface area (Å²) in [7, 11) is 1.57. The molecule has 0 amide bonds. The highest BCUT2D eigenvalue weighted by molar-refractivity contribution is 5.85. The van der Waals surface area contributed by atoms with Crippen molar-refractivity contribution in [2.75, 3.05) is 13.7 Å². The highest BCUT2D eigenvalue weighted by Gasteiger charge is 2.36. The molecule has 4 aromatic rings. The standard InChI is InChI=1S/C29H27F3N2O2.C2H2/c1-17-7-8-19(23(11-17)29(30,31)32)16-36-28-14-21-18(12-27(28)35-2)9-10-34-15-25-22(13-26(21)34)20-5-3-4-6-24(20)33-25;1-2/h3-8,11-12,14,26,33H,9-10,13,15-16H2,1-2H3;1-2H. The van der Waals surface area contributed by atoms with Crippen LogP contribution in [0, 0.1) is 19.8 Å². The van der Waals surface area contributed by atoms with Crippen LogP contribution in [0.2, 0.25) is 0 Å². The summed E-state index contributed by atoms with van der Waals surface area (Å²) in [4.78, 5) is 6.05. The molecule has 2 aliphatic heterocycles. The van der Waals surface area contributed by atoms with Gasteiger partial charge in [-0.25, -0.2) is 0 Å². The third-order valence-corrected chi connectivity index (χ3v) is 7.51. The predicted molar refractivity (Wildman–Crippen MR) is 142 cm³/mol. The number of ether oxygens (including phenoxy) is 2. The lowest BCUT2D eigenvalue weighted by Gasteiger charge is -2.40. The monoisotopic (exact) mass is 518 g/mol. The molecule has 6 rings (SSSR count). The van der Waals surface area contributed by atoms with Crippen molar-refractivity contribution in [1.29, 1.82) is 0 Å². The van der Waals surface area contributed by atoms with E-state index in [2.05, 4.69) is 40.9 Å². The molecular formula is C31H29F3N2O2. The number of terminal acetylenes is 1. The Bertz CT molecular complexity index is 1500. The van der Waals surface area contributed by atoms with E-state index in [0.717, 1.165) is 37.0 Å². The zero-order chi connectivity index (χ0) is 27.0. The summed E-state index contributed by atoms with van der Waals surface area (Å²) in [6, 6.07) is 16.9. The Morgan fingerprint density at radius 1 is 1.05 bits per heavy atom. The number of aromatic amines is 1. The summed E-state index contributed by atoms with van der Waals surface area (Å²) >= 11 is 0. The number of aryl methyl sites for hydroxylation is 1. The predicted octanol–water partition coefficient (Wildman–Crippen LogP) is 6.99. The first-order valence-electron chi connectivity index (χ1n) is 12.5. The smallest absolute Gasteiger partial charge is 0.416 e. The molecule has 0 saturated heterocycles. The molecule has 0 aliphatic carbocycles. The van der Waals surface area contributed by atoms with Gasteiger partial charge < -0.3 is 14.5 Å². The third-order valence-electron chi connectivity index (χ3n) is 7.51. The first kappa shape index (κ1) is 25.7. The normalized spacial score (nSPS) is 16.6. The van der Waals surface area contributed by atoms with Gasteiger partial charge in [-0.05, 0) is 60.7 Å². The summed E-state index contributed by atoms with van der Waals surface area (Å²) in [5.74, 6) is 1.02. The molecule has 1 N–H and O–H groups in total. The molecular weight excluding hydrogens is 489 g/mol. The van der Waals surface area contributed by atoms with E-state index in [4.69, 9.17) is 9.47 Å². The van der Waals surface area contributed by atoms with Crippen LogP contribution in [-0.4, -0.2) is 23.5 Å². The fourth-order valence-electron chi connectivity index (χ4n) is 5.72. The van der Waals surface area contributed by atoms with E-state index in [1.807, 2.05) is 18.2 Å². The third kappa shape index (κ3) is 4.61. The molecule has 3 heterocycles. The van der Waals surface area contributed by atoms with E-state index >= 15 is 0 Å². The number of hydrogen-bond donors (Lipinski definition) is 1. The molecule has 1 unspecified atom stereocenters. The molecule has 196 valence electrons. The van der Waals surface area contributed by atoms with E-state index in [-0.39, 0.29) is 18.2 Å². The van der Waals surface area contributed by atoms with Crippen molar-refractivity contribution in [2.24, 2.45) is 0 Å². The van der Waals surface area contributed by atoms with Gasteiger partial charge >= 0.3 is 6.18 Å². The Labute approximate surface area is 220 Å². The molecule has 1 atom stereocenters. The van der Waals surface area contributed by atoms with Crippen molar-refractivity contribution in [3.8, 4) is 24.3 Å². The Morgan fingerprint density at radius 3 is 2.61 bits per heavy atom. The summed E-state index contributed by atoms with van der Waals surface area (Å²) in [5.41, 5.74) is 6.13. The van der Waals surface area contributed by atoms with Crippen molar-refractivity contribution in [3.05, 3.63) is 93.7 Å². The van der Waals surface area contributed by atoms with Crippen LogP contribution in [0.25, 0.3) is 10.9 Å². The number of methoxy groups -OCH3 is 1. The molecule has 0 saturated carbocycles. The summed E-state index contributed by atoms with van der Waals surface area (Å²) in [5, 5.41) is 1.25. The van der Waals surface area contributed by atoms with Crippen LogP contribution in [0.5, 0.6) is 11.5 Å². The van der Waals surface area contributed by atoms with Gasteiger partial charge in [-0.3, -0.25) is 4.90 Å². The molecule has 0 bridgehead atoms. The van der Waals surface area contributed by atoms with Crippen molar-refractivity contribution in [2.45, 2.75) is 45.1 Å². The Kier molecular flexibility index (Phi) is 6.85. The highest BCUT2D eigenvalue weighted by atomic mass is 19.4. The van der Waals surface area contributed by atoms with Gasteiger partial charge in [-0.1, -0.05) is 35.9 Å². The quantitative estimate of drug-likeness (QED) is 0.296. The zero-order valence-corrected chi connectivity index (χ0v) is 21.4. The molecule has 0 radical (unpaired) electrons. The Morgan fingerprint density at radius 2 is 1.84 bits per heavy atom. The molecule has 4 nitrogen and oxygen atoms in total. The minimum absolute atomic E-state index is 0.107. The molecule has 7 heteroatoms. The second-order valence-electron chi connectivity index (χ2n) is 9.72. The first-order chi connectivity index (χ1) is 18.3. The van der Waals surface area contributed by atoms with Crippen LogP contribution in [0.4, 0.5) is 13.2 Å². The number of benzene rings is 3. The van der Waals surface area contributed by atoms with Crippen LogP contribution in [0.3, 0.4) is 0 Å². The number of hydrogen-bond acceptors (Lipinski definition) is 3. The van der Waals surface area contributed by atoms with Crippen molar-refractivity contribution in [3.63, 3.8) is 0 Å². The number of nitrogens with zero attached hydrogens (tertiary/aromatic N) is 1. The van der Waals surface area contributed by atoms with Gasteiger partial charge in [0, 0.05) is 41.3 Å². The lowest BCUT2D eigenvalue weighted by molar-refractivity contribution is -0.138. The van der Waals surface area contributed by atoms with Gasteiger partial charge in [0.05, 0.1) is 12.7 Å². The summed E-state index contributed by atoms with van der Waals surface area (Å²) in [6.07, 6.45) is 5.31. The van der Waals surface area contributed by atoms with Gasteiger partial charge in [-0.2, -0.15) is 13.2 Å².